The van der Waals surface area contributed by atoms with E-state index in [0.29, 0.717) is 17.1 Å². The van der Waals surface area contributed by atoms with E-state index < -0.39 is 23.9 Å². The lowest BCUT2D eigenvalue weighted by molar-refractivity contribution is -0.119. The lowest BCUT2D eigenvalue weighted by Gasteiger charge is -2.12. The van der Waals surface area contributed by atoms with Crippen molar-refractivity contribution < 1.29 is 14.3 Å². The second kappa shape index (κ2) is 8.52. The van der Waals surface area contributed by atoms with Crippen LogP contribution in [0.3, 0.4) is 0 Å². The van der Waals surface area contributed by atoms with Gasteiger partial charge >= 0.3 is 5.97 Å². The molecule has 1 aromatic heterocycles. The van der Waals surface area contributed by atoms with Crippen LogP contribution in [0.25, 0.3) is 5.69 Å². The van der Waals surface area contributed by atoms with Crippen molar-refractivity contribution in [3.63, 3.8) is 0 Å². The molecule has 2 aromatic carbocycles. The van der Waals surface area contributed by atoms with Crippen LogP contribution >= 0.6 is 0 Å². The third-order valence-electron chi connectivity index (χ3n) is 4.38. The van der Waals surface area contributed by atoms with Crippen LogP contribution in [0.4, 0.5) is 5.69 Å². The van der Waals surface area contributed by atoms with Gasteiger partial charge < -0.3 is 10.1 Å². The van der Waals surface area contributed by atoms with Crippen molar-refractivity contribution >= 4 is 17.6 Å². The summed E-state index contributed by atoms with van der Waals surface area (Å²) in [5.74, 6) is -1.44. The summed E-state index contributed by atoms with van der Waals surface area (Å²) in [5.41, 5.74) is 2.81. The van der Waals surface area contributed by atoms with Gasteiger partial charge in [0, 0.05) is 17.4 Å². The number of aryl methyl sites for hydroxylation is 3. The summed E-state index contributed by atoms with van der Waals surface area (Å²) in [5, 5.41) is 6.86. The Kier molecular flexibility index (Phi) is 5.87. The Bertz CT molecular complexity index is 1100. The van der Waals surface area contributed by atoms with Crippen LogP contribution in [0.5, 0.6) is 0 Å². The molecule has 148 valence electrons. The first-order valence-corrected chi connectivity index (χ1v) is 9.06. The second-order valence-electron chi connectivity index (χ2n) is 6.64. The van der Waals surface area contributed by atoms with E-state index in [1.807, 2.05) is 50.2 Å². The molecule has 0 spiro atoms. The fraction of sp³-hybridized carbons (Fsp3) is 0.182. The van der Waals surface area contributed by atoms with Gasteiger partial charge in [0.05, 0.1) is 5.69 Å². The molecule has 0 saturated carbocycles. The molecule has 1 N–H and O–H groups in total. The van der Waals surface area contributed by atoms with E-state index in [1.54, 1.807) is 19.1 Å². The van der Waals surface area contributed by atoms with Crippen molar-refractivity contribution in [1.82, 2.24) is 9.78 Å². The van der Waals surface area contributed by atoms with Gasteiger partial charge in [0.15, 0.2) is 6.61 Å². The SMILES string of the molecule is Cc1cccc(C)c1NC(=O)COC(=O)c1nn(-c2ccccc2)c(C)cc1=O. The molecule has 7 nitrogen and oxygen atoms in total. The number of hydrogen-bond acceptors (Lipinski definition) is 5. The first-order valence-electron chi connectivity index (χ1n) is 9.06. The molecule has 0 atom stereocenters. The molecule has 0 aliphatic heterocycles. The van der Waals surface area contributed by atoms with Crippen molar-refractivity contribution in [1.29, 1.82) is 0 Å². The molecule has 3 aromatic rings. The molecular weight excluding hydrogens is 370 g/mol. The quantitative estimate of drug-likeness (QED) is 0.676. The van der Waals surface area contributed by atoms with Gasteiger partial charge in [0.2, 0.25) is 11.1 Å². The Balaban J connectivity index is 1.74. The van der Waals surface area contributed by atoms with Gasteiger partial charge in [-0.15, -0.1) is 0 Å². The summed E-state index contributed by atoms with van der Waals surface area (Å²) < 4.78 is 6.51. The Hall–Kier alpha value is -3.74. The lowest BCUT2D eigenvalue weighted by atomic mass is 10.1. The van der Waals surface area contributed by atoms with E-state index in [4.69, 9.17) is 4.74 Å². The van der Waals surface area contributed by atoms with Crippen molar-refractivity contribution in [2.75, 3.05) is 11.9 Å². The zero-order valence-electron chi connectivity index (χ0n) is 16.4. The first kappa shape index (κ1) is 20.0. The summed E-state index contributed by atoms with van der Waals surface area (Å²) in [7, 11) is 0. The van der Waals surface area contributed by atoms with Gasteiger partial charge in [-0.05, 0) is 44.0 Å². The topological polar surface area (TPSA) is 90.3 Å². The number of para-hydroxylation sites is 2. The highest BCUT2D eigenvalue weighted by Gasteiger charge is 2.18. The molecule has 0 fully saturated rings. The molecule has 0 saturated heterocycles. The van der Waals surface area contributed by atoms with Crippen molar-refractivity contribution in [3.05, 3.63) is 87.3 Å². The van der Waals surface area contributed by atoms with Crippen LogP contribution in [-0.2, 0) is 9.53 Å². The van der Waals surface area contributed by atoms with E-state index in [1.165, 1.54) is 10.7 Å². The predicted octanol–water partition coefficient (Wildman–Crippen LogP) is 2.95. The van der Waals surface area contributed by atoms with Crippen LogP contribution in [0.1, 0.15) is 27.3 Å². The summed E-state index contributed by atoms with van der Waals surface area (Å²) in [6.07, 6.45) is 0. The highest BCUT2D eigenvalue weighted by Crippen LogP contribution is 2.19. The third kappa shape index (κ3) is 4.57. The fourth-order valence-electron chi connectivity index (χ4n) is 2.91. The van der Waals surface area contributed by atoms with E-state index >= 15 is 0 Å². The molecule has 3 rings (SSSR count). The molecule has 0 aliphatic carbocycles. The van der Waals surface area contributed by atoms with Gasteiger partial charge in [0.25, 0.3) is 5.91 Å². The number of hydrogen-bond donors (Lipinski definition) is 1. The molecule has 29 heavy (non-hydrogen) atoms. The van der Waals surface area contributed by atoms with Gasteiger partial charge in [-0.3, -0.25) is 9.59 Å². The highest BCUT2D eigenvalue weighted by atomic mass is 16.5. The molecule has 0 bridgehead atoms. The number of ether oxygens (including phenoxy) is 1. The summed E-state index contributed by atoms with van der Waals surface area (Å²) in [6, 6.07) is 16.1. The summed E-state index contributed by atoms with van der Waals surface area (Å²) in [6.45, 7) is 4.94. The van der Waals surface area contributed by atoms with Crippen molar-refractivity contribution in [2.24, 2.45) is 0 Å². The predicted molar refractivity (Wildman–Crippen MR) is 109 cm³/mol. The van der Waals surface area contributed by atoms with Gasteiger partial charge in [-0.2, -0.15) is 5.10 Å². The van der Waals surface area contributed by atoms with Gasteiger partial charge in [-0.1, -0.05) is 36.4 Å². The molecule has 1 amide bonds. The zero-order chi connectivity index (χ0) is 21.0. The number of benzene rings is 2. The first-order chi connectivity index (χ1) is 13.9. The van der Waals surface area contributed by atoms with Gasteiger partial charge in [-0.25, -0.2) is 9.48 Å². The molecule has 0 unspecified atom stereocenters. The summed E-state index contributed by atoms with van der Waals surface area (Å²) in [4.78, 5) is 36.8. The number of aromatic nitrogens is 2. The van der Waals surface area contributed by atoms with Crippen LogP contribution < -0.4 is 10.7 Å². The second-order valence-corrected chi connectivity index (χ2v) is 6.64. The maximum Gasteiger partial charge on any atom is 0.363 e. The highest BCUT2D eigenvalue weighted by molar-refractivity contribution is 5.95. The lowest BCUT2D eigenvalue weighted by Crippen LogP contribution is -2.27. The van der Waals surface area contributed by atoms with Crippen LogP contribution in [0, 0.1) is 20.8 Å². The summed E-state index contributed by atoms with van der Waals surface area (Å²) >= 11 is 0. The smallest absolute Gasteiger partial charge is 0.363 e. The molecule has 7 heteroatoms. The Morgan fingerprint density at radius 3 is 2.31 bits per heavy atom. The van der Waals surface area contributed by atoms with Crippen molar-refractivity contribution in [3.8, 4) is 5.69 Å². The average molecular weight is 391 g/mol. The minimum atomic E-state index is -0.948. The number of anilines is 1. The molecular formula is C22H21N3O4. The van der Waals surface area contributed by atoms with Crippen LogP contribution in [0.2, 0.25) is 0 Å². The number of amides is 1. The Morgan fingerprint density at radius 2 is 1.66 bits per heavy atom. The van der Waals surface area contributed by atoms with E-state index in [9.17, 15) is 14.4 Å². The van der Waals surface area contributed by atoms with E-state index in [2.05, 4.69) is 10.4 Å². The number of carbonyl (C=O) groups excluding carboxylic acids is 2. The van der Waals surface area contributed by atoms with Crippen LogP contribution in [-0.4, -0.2) is 28.3 Å². The van der Waals surface area contributed by atoms with Crippen molar-refractivity contribution in [2.45, 2.75) is 20.8 Å². The van der Waals surface area contributed by atoms with Crippen LogP contribution in [0.15, 0.2) is 59.4 Å². The normalized spacial score (nSPS) is 10.4. The van der Waals surface area contributed by atoms with E-state index in [0.717, 1.165) is 11.1 Å². The standard InChI is InChI=1S/C22H21N3O4/c1-14-8-7-9-15(2)20(14)23-19(27)13-29-22(28)21-18(26)12-16(3)25(24-21)17-10-5-4-6-11-17/h4-12H,13H2,1-3H3,(H,23,27). The third-order valence-corrected chi connectivity index (χ3v) is 4.38. The zero-order valence-corrected chi connectivity index (χ0v) is 16.4. The maximum atomic E-state index is 12.4. The molecule has 1 heterocycles. The van der Waals surface area contributed by atoms with E-state index in [-0.39, 0.29) is 5.69 Å². The minimum Gasteiger partial charge on any atom is -0.451 e. The number of nitrogens with one attached hydrogen (secondary N) is 1. The Labute approximate surface area is 168 Å². The van der Waals surface area contributed by atoms with Gasteiger partial charge in [0.1, 0.15) is 0 Å². The Morgan fingerprint density at radius 1 is 1.00 bits per heavy atom. The number of carbonyl (C=O) groups is 2. The largest absolute Gasteiger partial charge is 0.451 e. The fourth-order valence-corrected chi connectivity index (χ4v) is 2.91. The molecule has 0 radical (unpaired) electrons. The number of esters is 1. The number of nitrogens with zero attached hydrogens (tertiary/aromatic N) is 2. The molecule has 0 aliphatic rings. The monoisotopic (exact) mass is 391 g/mol. The average Bonchev–Trinajstić information content (AvgIpc) is 2.70. The maximum absolute atomic E-state index is 12.4. The minimum absolute atomic E-state index is 0.376. The number of rotatable bonds is 5.